The first-order valence-corrected chi connectivity index (χ1v) is 9.03. The van der Waals surface area contributed by atoms with E-state index in [9.17, 15) is 13.2 Å². The van der Waals surface area contributed by atoms with E-state index in [1.165, 1.54) is 0 Å². The quantitative estimate of drug-likeness (QED) is 0.388. The monoisotopic (exact) mass is 441 g/mol. The van der Waals surface area contributed by atoms with Crippen molar-refractivity contribution >= 4 is 15.9 Å². The molecule has 0 aliphatic carbocycles. The van der Waals surface area contributed by atoms with Crippen molar-refractivity contribution in [3.8, 4) is 33.6 Å². The SMILES string of the molecule is Fc1cc(F)c(-c2nnc(Br)c(-c3ccccn3)c2-c2ccccc2)c(F)c1. The smallest absolute Gasteiger partial charge is 0.138 e. The van der Waals surface area contributed by atoms with E-state index in [0.717, 1.165) is 0 Å². The Balaban J connectivity index is 2.12. The molecule has 0 atom stereocenters. The summed E-state index contributed by atoms with van der Waals surface area (Å²) in [4.78, 5) is 4.34. The lowest BCUT2D eigenvalue weighted by Gasteiger charge is -2.16. The number of hydrogen-bond acceptors (Lipinski definition) is 3. The predicted molar refractivity (Wildman–Crippen MR) is 104 cm³/mol. The average Bonchev–Trinajstić information content (AvgIpc) is 2.69. The molecule has 2 heterocycles. The maximum atomic E-state index is 14.6. The molecule has 3 nitrogen and oxygen atoms in total. The van der Waals surface area contributed by atoms with Crippen LogP contribution in [0.2, 0.25) is 0 Å². The van der Waals surface area contributed by atoms with E-state index in [0.29, 0.717) is 39.1 Å². The molecule has 2 aromatic heterocycles. The van der Waals surface area contributed by atoms with E-state index in [1.807, 2.05) is 6.07 Å². The third kappa shape index (κ3) is 3.29. The molecule has 0 N–H and O–H groups in total. The number of benzene rings is 2. The molecule has 0 unspecified atom stereocenters. The van der Waals surface area contributed by atoms with Crippen molar-refractivity contribution in [3.63, 3.8) is 0 Å². The number of pyridine rings is 1. The molecule has 2 aromatic carbocycles. The van der Waals surface area contributed by atoms with Gasteiger partial charge in [0.05, 0.1) is 11.3 Å². The second-order valence-corrected chi connectivity index (χ2v) is 6.67. The fraction of sp³-hybridized carbons (Fsp3) is 0. The van der Waals surface area contributed by atoms with Gasteiger partial charge in [-0.1, -0.05) is 36.4 Å². The first kappa shape index (κ1) is 18.3. The molecule has 0 amide bonds. The summed E-state index contributed by atoms with van der Waals surface area (Å²) in [6.07, 6.45) is 1.61. The van der Waals surface area contributed by atoms with Crippen molar-refractivity contribution in [2.45, 2.75) is 0 Å². The standard InChI is InChI=1S/C21H11BrF3N3/c22-21-19(16-8-4-5-9-26-16)17(12-6-2-1-3-7-12)20(27-28-21)18-14(24)10-13(23)11-15(18)25/h1-11H. The van der Waals surface area contributed by atoms with E-state index in [1.54, 1.807) is 48.7 Å². The summed E-state index contributed by atoms with van der Waals surface area (Å²) in [6, 6.07) is 15.6. The lowest BCUT2D eigenvalue weighted by molar-refractivity contribution is 0.547. The third-order valence-corrected chi connectivity index (χ3v) is 4.71. The second kappa shape index (κ2) is 7.52. The minimum atomic E-state index is -1.06. The lowest BCUT2D eigenvalue weighted by Crippen LogP contribution is -2.02. The summed E-state index contributed by atoms with van der Waals surface area (Å²) >= 11 is 3.38. The highest BCUT2D eigenvalue weighted by Gasteiger charge is 2.25. The fourth-order valence-corrected chi connectivity index (χ4v) is 3.47. The van der Waals surface area contributed by atoms with Gasteiger partial charge in [0.15, 0.2) is 0 Å². The molecular formula is C21H11BrF3N3. The summed E-state index contributed by atoms with van der Waals surface area (Å²) in [7, 11) is 0. The third-order valence-electron chi connectivity index (χ3n) is 4.16. The largest absolute Gasteiger partial charge is 0.256 e. The van der Waals surface area contributed by atoms with Gasteiger partial charge in [-0.05, 0) is 33.6 Å². The highest BCUT2D eigenvalue weighted by Crippen LogP contribution is 2.42. The van der Waals surface area contributed by atoms with Gasteiger partial charge in [-0.3, -0.25) is 4.98 Å². The Kier molecular flexibility index (Phi) is 4.92. The van der Waals surface area contributed by atoms with Crippen LogP contribution in [0.3, 0.4) is 0 Å². The molecule has 0 saturated heterocycles. The number of nitrogens with zero attached hydrogens (tertiary/aromatic N) is 3. The highest BCUT2D eigenvalue weighted by atomic mass is 79.9. The van der Waals surface area contributed by atoms with E-state index in [-0.39, 0.29) is 5.69 Å². The molecule has 0 aliphatic heterocycles. The lowest BCUT2D eigenvalue weighted by atomic mass is 9.93. The van der Waals surface area contributed by atoms with E-state index < -0.39 is 23.0 Å². The number of aromatic nitrogens is 3. The van der Waals surface area contributed by atoms with Crippen molar-refractivity contribution < 1.29 is 13.2 Å². The maximum absolute atomic E-state index is 14.6. The molecule has 0 saturated carbocycles. The van der Waals surface area contributed by atoms with Gasteiger partial charge in [0.25, 0.3) is 0 Å². The van der Waals surface area contributed by atoms with Gasteiger partial charge >= 0.3 is 0 Å². The van der Waals surface area contributed by atoms with E-state index in [2.05, 4.69) is 31.1 Å². The zero-order valence-electron chi connectivity index (χ0n) is 14.2. The van der Waals surface area contributed by atoms with Crippen molar-refractivity contribution in [2.24, 2.45) is 0 Å². The number of rotatable bonds is 3. The molecule has 28 heavy (non-hydrogen) atoms. The molecule has 0 spiro atoms. The Morgan fingerprint density at radius 2 is 1.39 bits per heavy atom. The van der Waals surface area contributed by atoms with Crippen LogP contribution in [0.5, 0.6) is 0 Å². The molecular weight excluding hydrogens is 431 g/mol. The van der Waals surface area contributed by atoms with Crippen molar-refractivity contribution in [1.82, 2.24) is 15.2 Å². The first-order chi connectivity index (χ1) is 13.6. The average molecular weight is 442 g/mol. The molecule has 4 rings (SSSR count). The summed E-state index contributed by atoms with van der Waals surface area (Å²) in [5.74, 6) is -3.12. The minimum Gasteiger partial charge on any atom is -0.256 e. The first-order valence-electron chi connectivity index (χ1n) is 8.24. The Labute approximate surface area is 167 Å². The van der Waals surface area contributed by atoms with Crippen molar-refractivity contribution in [3.05, 3.63) is 88.9 Å². The van der Waals surface area contributed by atoms with Gasteiger partial charge in [-0.15, -0.1) is 10.2 Å². The van der Waals surface area contributed by atoms with E-state index in [4.69, 9.17) is 0 Å². The van der Waals surface area contributed by atoms with Crippen LogP contribution in [0.1, 0.15) is 0 Å². The van der Waals surface area contributed by atoms with Crippen LogP contribution in [0.15, 0.2) is 71.5 Å². The summed E-state index contributed by atoms with van der Waals surface area (Å²) in [5, 5.41) is 8.06. The zero-order valence-corrected chi connectivity index (χ0v) is 15.8. The maximum Gasteiger partial charge on any atom is 0.138 e. The van der Waals surface area contributed by atoms with Crippen LogP contribution in [0, 0.1) is 17.5 Å². The zero-order chi connectivity index (χ0) is 19.7. The number of hydrogen-bond donors (Lipinski definition) is 0. The molecule has 0 radical (unpaired) electrons. The van der Waals surface area contributed by atoms with Gasteiger partial charge in [0.1, 0.15) is 27.7 Å². The number of halogens is 4. The Hall–Kier alpha value is -3.06. The van der Waals surface area contributed by atoms with Crippen molar-refractivity contribution in [2.75, 3.05) is 0 Å². The van der Waals surface area contributed by atoms with Crippen LogP contribution < -0.4 is 0 Å². The van der Waals surface area contributed by atoms with Crippen LogP contribution in [0.25, 0.3) is 33.6 Å². The van der Waals surface area contributed by atoms with Gasteiger partial charge in [0, 0.05) is 29.5 Å². The van der Waals surface area contributed by atoms with Crippen LogP contribution in [0.4, 0.5) is 13.2 Å². The summed E-state index contributed by atoms with van der Waals surface area (Å²) in [5.41, 5.74) is 1.69. The van der Waals surface area contributed by atoms with Crippen LogP contribution in [-0.2, 0) is 0 Å². The van der Waals surface area contributed by atoms with Crippen LogP contribution >= 0.6 is 15.9 Å². The molecule has 4 aromatic rings. The molecule has 0 fully saturated rings. The molecule has 7 heteroatoms. The fourth-order valence-electron chi connectivity index (χ4n) is 2.99. The highest BCUT2D eigenvalue weighted by molar-refractivity contribution is 9.10. The van der Waals surface area contributed by atoms with Crippen LogP contribution in [-0.4, -0.2) is 15.2 Å². The van der Waals surface area contributed by atoms with Gasteiger partial charge in [-0.2, -0.15) is 0 Å². The Morgan fingerprint density at radius 3 is 2.04 bits per heavy atom. The second-order valence-electron chi connectivity index (χ2n) is 5.91. The molecule has 138 valence electrons. The summed E-state index contributed by atoms with van der Waals surface area (Å²) in [6.45, 7) is 0. The van der Waals surface area contributed by atoms with Gasteiger partial charge < -0.3 is 0 Å². The Bertz CT molecular complexity index is 1130. The molecule has 0 bridgehead atoms. The normalized spacial score (nSPS) is 10.9. The Morgan fingerprint density at radius 1 is 0.714 bits per heavy atom. The topological polar surface area (TPSA) is 38.7 Å². The summed E-state index contributed by atoms with van der Waals surface area (Å²) < 4.78 is 42.9. The molecule has 0 aliphatic rings. The van der Waals surface area contributed by atoms with Gasteiger partial charge in [0.2, 0.25) is 0 Å². The van der Waals surface area contributed by atoms with Crippen molar-refractivity contribution in [1.29, 1.82) is 0 Å². The van der Waals surface area contributed by atoms with Gasteiger partial charge in [-0.25, -0.2) is 13.2 Å². The van der Waals surface area contributed by atoms with E-state index >= 15 is 0 Å². The minimum absolute atomic E-state index is 0.0370. The predicted octanol–water partition coefficient (Wildman–Crippen LogP) is 6.05.